The van der Waals surface area contributed by atoms with E-state index in [0.717, 1.165) is 16.8 Å². The van der Waals surface area contributed by atoms with Crippen LogP contribution in [0.15, 0.2) is 65.3 Å². The van der Waals surface area contributed by atoms with Gasteiger partial charge in [-0.25, -0.2) is 4.79 Å². The second kappa shape index (κ2) is 10.3. The van der Waals surface area contributed by atoms with E-state index < -0.39 is 12.1 Å². The van der Waals surface area contributed by atoms with Crippen molar-refractivity contribution in [2.75, 3.05) is 25.5 Å². The summed E-state index contributed by atoms with van der Waals surface area (Å²) in [6.07, 6.45) is 0.837. The molecule has 1 aromatic heterocycles. The highest BCUT2D eigenvalue weighted by atomic mass is 35.5. The average Bonchev–Trinajstić information content (AvgIpc) is 3.25. The van der Waals surface area contributed by atoms with Crippen LogP contribution in [0.2, 0.25) is 5.02 Å². The van der Waals surface area contributed by atoms with E-state index in [4.69, 9.17) is 20.8 Å². The van der Waals surface area contributed by atoms with Crippen LogP contribution in [-0.4, -0.2) is 37.3 Å². The van der Waals surface area contributed by atoms with E-state index in [1.165, 1.54) is 13.4 Å². The first-order valence-corrected chi connectivity index (χ1v) is 10.0. The molecule has 0 aliphatic heterocycles. The van der Waals surface area contributed by atoms with E-state index in [0.29, 0.717) is 29.4 Å². The lowest BCUT2D eigenvalue weighted by atomic mass is 10.1. The molecule has 158 valence electrons. The maximum Gasteiger partial charge on any atom is 0.341 e. The number of aliphatic hydroxyl groups excluding tert-OH is 1. The van der Waals surface area contributed by atoms with E-state index in [2.05, 4.69) is 10.6 Å². The number of aliphatic hydroxyl groups is 1. The van der Waals surface area contributed by atoms with Crippen LogP contribution in [0.3, 0.4) is 0 Å². The summed E-state index contributed by atoms with van der Waals surface area (Å²) in [6, 6.07) is 16.5. The Morgan fingerprint density at radius 1 is 1.17 bits per heavy atom. The lowest BCUT2D eigenvalue weighted by Crippen LogP contribution is -2.35. The van der Waals surface area contributed by atoms with Gasteiger partial charge in [-0.15, -0.1) is 0 Å². The zero-order valence-corrected chi connectivity index (χ0v) is 17.6. The number of furan rings is 1. The summed E-state index contributed by atoms with van der Waals surface area (Å²) in [5.41, 5.74) is 2.84. The SMILES string of the molecule is COC(=O)c1ccoc1-c1cccc(NCC(C)NCC(O)c2cccc(Cl)c2)c1. The molecule has 0 fully saturated rings. The smallest absolute Gasteiger partial charge is 0.341 e. The first kappa shape index (κ1) is 21.9. The van der Waals surface area contributed by atoms with Crippen molar-refractivity contribution in [3.63, 3.8) is 0 Å². The van der Waals surface area contributed by atoms with Gasteiger partial charge >= 0.3 is 5.97 Å². The maximum atomic E-state index is 11.9. The molecule has 7 heteroatoms. The van der Waals surface area contributed by atoms with E-state index in [-0.39, 0.29) is 6.04 Å². The summed E-state index contributed by atoms with van der Waals surface area (Å²) in [6.45, 7) is 3.09. The van der Waals surface area contributed by atoms with Gasteiger partial charge in [0.05, 0.1) is 19.5 Å². The van der Waals surface area contributed by atoms with Crippen molar-refractivity contribution in [1.29, 1.82) is 0 Å². The molecule has 3 N–H and O–H groups in total. The van der Waals surface area contributed by atoms with Gasteiger partial charge in [-0.1, -0.05) is 35.9 Å². The Kier molecular flexibility index (Phi) is 7.52. The number of esters is 1. The Morgan fingerprint density at radius 2 is 1.97 bits per heavy atom. The number of halogens is 1. The minimum absolute atomic E-state index is 0.108. The molecule has 6 nitrogen and oxygen atoms in total. The number of methoxy groups -OCH3 is 1. The van der Waals surface area contributed by atoms with Crippen molar-refractivity contribution >= 4 is 23.3 Å². The first-order valence-electron chi connectivity index (χ1n) is 9.65. The Labute approximate surface area is 180 Å². The second-order valence-electron chi connectivity index (χ2n) is 7.00. The summed E-state index contributed by atoms with van der Waals surface area (Å²) < 4.78 is 10.3. The number of anilines is 1. The van der Waals surface area contributed by atoms with Gasteiger partial charge in [0.1, 0.15) is 11.3 Å². The molecule has 30 heavy (non-hydrogen) atoms. The highest BCUT2D eigenvalue weighted by Crippen LogP contribution is 2.27. The standard InChI is InChI=1S/C23H25ClN2O4/c1-15(25-14-21(27)16-5-3-7-18(24)11-16)13-26-19-8-4-6-17(12-19)22-20(9-10-30-22)23(28)29-2/h3-12,15,21,25-27H,13-14H2,1-2H3. The third-order valence-corrected chi connectivity index (χ3v) is 4.94. The van der Waals surface area contributed by atoms with Crippen LogP contribution < -0.4 is 10.6 Å². The quantitative estimate of drug-likeness (QED) is 0.435. The predicted molar refractivity (Wildman–Crippen MR) is 118 cm³/mol. The van der Waals surface area contributed by atoms with Gasteiger partial charge in [0.25, 0.3) is 0 Å². The topological polar surface area (TPSA) is 83.7 Å². The monoisotopic (exact) mass is 428 g/mol. The normalized spacial score (nSPS) is 12.9. The number of carbonyl (C=O) groups excluding carboxylic acids is 1. The molecule has 0 amide bonds. The minimum Gasteiger partial charge on any atom is -0.465 e. The van der Waals surface area contributed by atoms with Crippen molar-refractivity contribution in [2.24, 2.45) is 0 Å². The molecule has 0 aliphatic rings. The van der Waals surface area contributed by atoms with Crippen LogP contribution in [0.4, 0.5) is 5.69 Å². The molecule has 3 aromatic rings. The molecule has 2 unspecified atom stereocenters. The summed E-state index contributed by atoms with van der Waals surface area (Å²) in [5.74, 6) is 0.0366. The highest BCUT2D eigenvalue weighted by molar-refractivity contribution is 6.30. The lowest BCUT2D eigenvalue weighted by molar-refractivity contribution is 0.0601. The Bertz CT molecular complexity index is 989. The molecule has 0 spiro atoms. The molecule has 2 atom stereocenters. The number of benzene rings is 2. The van der Waals surface area contributed by atoms with Crippen LogP contribution in [0.5, 0.6) is 0 Å². The number of nitrogens with one attached hydrogen (secondary N) is 2. The summed E-state index contributed by atoms with van der Waals surface area (Å²) in [5, 5.41) is 17.6. The molecular weight excluding hydrogens is 404 g/mol. The molecular formula is C23H25ClN2O4. The highest BCUT2D eigenvalue weighted by Gasteiger charge is 2.17. The molecule has 3 rings (SSSR count). The van der Waals surface area contributed by atoms with Crippen molar-refractivity contribution in [3.8, 4) is 11.3 Å². The van der Waals surface area contributed by atoms with Crippen molar-refractivity contribution in [2.45, 2.75) is 19.1 Å². The molecule has 2 aromatic carbocycles. The summed E-state index contributed by atoms with van der Waals surface area (Å²) in [4.78, 5) is 11.9. The van der Waals surface area contributed by atoms with Crippen molar-refractivity contribution < 1.29 is 19.1 Å². The van der Waals surface area contributed by atoms with Gasteiger partial charge in [0, 0.05) is 35.4 Å². The third-order valence-electron chi connectivity index (χ3n) is 4.70. The molecule has 0 radical (unpaired) electrons. The average molecular weight is 429 g/mol. The Hall–Kier alpha value is -2.80. The maximum absolute atomic E-state index is 11.9. The number of hydrogen-bond acceptors (Lipinski definition) is 6. The minimum atomic E-state index is -0.634. The fourth-order valence-electron chi connectivity index (χ4n) is 3.06. The zero-order valence-electron chi connectivity index (χ0n) is 16.9. The van der Waals surface area contributed by atoms with Gasteiger partial charge in [-0.2, -0.15) is 0 Å². The lowest BCUT2D eigenvalue weighted by Gasteiger charge is -2.19. The van der Waals surface area contributed by atoms with Crippen LogP contribution in [-0.2, 0) is 4.74 Å². The number of rotatable bonds is 9. The Balaban J connectivity index is 1.55. The van der Waals surface area contributed by atoms with E-state index in [1.54, 1.807) is 18.2 Å². The van der Waals surface area contributed by atoms with Gasteiger partial charge < -0.3 is 24.9 Å². The van der Waals surface area contributed by atoms with Crippen LogP contribution >= 0.6 is 11.6 Å². The molecule has 0 saturated heterocycles. The van der Waals surface area contributed by atoms with Gasteiger partial charge in [-0.05, 0) is 42.8 Å². The van der Waals surface area contributed by atoms with E-state index in [9.17, 15) is 9.90 Å². The zero-order chi connectivity index (χ0) is 21.5. The van der Waals surface area contributed by atoms with Gasteiger partial charge in [0.2, 0.25) is 0 Å². The van der Waals surface area contributed by atoms with E-state index >= 15 is 0 Å². The summed E-state index contributed by atoms with van der Waals surface area (Å²) in [7, 11) is 1.34. The van der Waals surface area contributed by atoms with Crippen molar-refractivity contribution in [1.82, 2.24) is 5.32 Å². The van der Waals surface area contributed by atoms with Gasteiger partial charge in [-0.3, -0.25) is 0 Å². The number of hydrogen-bond donors (Lipinski definition) is 3. The van der Waals surface area contributed by atoms with Gasteiger partial charge in [0.15, 0.2) is 0 Å². The van der Waals surface area contributed by atoms with E-state index in [1.807, 2.05) is 43.3 Å². The Morgan fingerprint density at radius 3 is 2.73 bits per heavy atom. The van der Waals surface area contributed by atoms with Crippen LogP contribution in [0.25, 0.3) is 11.3 Å². The molecule has 0 bridgehead atoms. The van der Waals surface area contributed by atoms with Crippen molar-refractivity contribution in [3.05, 3.63) is 77.0 Å². The largest absolute Gasteiger partial charge is 0.465 e. The number of ether oxygens (including phenoxy) is 1. The third kappa shape index (κ3) is 5.63. The van der Waals surface area contributed by atoms with Crippen LogP contribution in [0, 0.1) is 0 Å². The van der Waals surface area contributed by atoms with Crippen LogP contribution in [0.1, 0.15) is 28.9 Å². The fourth-order valence-corrected chi connectivity index (χ4v) is 3.26. The molecule has 0 saturated carbocycles. The first-order chi connectivity index (χ1) is 14.5. The predicted octanol–water partition coefficient (Wildman–Crippen LogP) is 4.51. The summed E-state index contributed by atoms with van der Waals surface area (Å²) >= 11 is 5.98. The fraction of sp³-hybridized carbons (Fsp3) is 0.261. The molecule has 0 aliphatic carbocycles. The molecule has 1 heterocycles. The second-order valence-corrected chi connectivity index (χ2v) is 7.43. The number of carbonyl (C=O) groups is 1.